The molecule has 0 bridgehead atoms. The summed E-state index contributed by atoms with van der Waals surface area (Å²) in [6, 6.07) is -0.0522. The summed E-state index contributed by atoms with van der Waals surface area (Å²) < 4.78 is 4.82. The fraction of sp³-hybridized carbons (Fsp3) is 0.812. The number of nitrogens with one attached hydrogen (secondary N) is 1. The van der Waals surface area contributed by atoms with Crippen molar-refractivity contribution in [1.82, 2.24) is 15.1 Å². The van der Waals surface area contributed by atoms with E-state index in [4.69, 9.17) is 4.74 Å². The molecule has 23 heavy (non-hydrogen) atoms. The average molecular weight is 326 g/mol. The van der Waals surface area contributed by atoms with E-state index in [-0.39, 0.29) is 24.6 Å². The molecule has 0 aromatic carbocycles. The number of ether oxygens (including phenoxy) is 1. The number of nitrogens with zero attached hydrogens (tertiary/aromatic N) is 3. The van der Waals surface area contributed by atoms with Gasteiger partial charge in [0.1, 0.15) is 0 Å². The van der Waals surface area contributed by atoms with Crippen LogP contribution >= 0.6 is 0 Å². The minimum Gasteiger partial charge on any atom is -0.448 e. The number of rotatable bonds is 2. The summed E-state index contributed by atoms with van der Waals surface area (Å²) in [5, 5.41) is 3.05. The zero-order chi connectivity index (χ0) is 17.2. The number of hydrogen-bond acceptors (Lipinski definition) is 3. The van der Waals surface area contributed by atoms with E-state index in [0.29, 0.717) is 0 Å². The Bertz CT molecular complexity index is 416. The Hall–Kier alpha value is -1.79. The van der Waals surface area contributed by atoms with Crippen molar-refractivity contribution in [3.05, 3.63) is 0 Å². The van der Waals surface area contributed by atoms with Crippen molar-refractivity contribution in [3.63, 3.8) is 0 Å². The standard InChI is InChI=1S/C16H30N4O3/c1-5-23-16(22)18-14(19(2)3)20(4)15(21)17-13-11-9-7-6-8-10-12-13/h13H,5-12H2,1-4H3,(H,17,21)/b18-14-. The van der Waals surface area contributed by atoms with Crippen molar-refractivity contribution in [2.45, 2.75) is 57.9 Å². The van der Waals surface area contributed by atoms with E-state index in [2.05, 4.69) is 10.3 Å². The smallest absolute Gasteiger partial charge is 0.436 e. The minimum absolute atomic E-state index is 0.191. The van der Waals surface area contributed by atoms with E-state index in [0.717, 1.165) is 25.7 Å². The molecule has 7 nitrogen and oxygen atoms in total. The lowest BCUT2D eigenvalue weighted by molar-refractivity contribution is 0.162. The molecule has 0 aromatic rings. The zero-order valence-electron chi connectivity index (χ0n) is 14.8. The van der Waals surface area contributed by atoms with Crippen molar-refractivity contribution >= 4 is 18.1 Å². The van der Waals surface area contributed by atoms with Crippen molar-refractivity contribution in [3.8, 4) is 0 Å². The van der Waals surface area contributed by atoms with Crippen LogP contribution in [0.4, 0.5) is 9.59 Å². The maximum atomic E-state index is 12.4. The normalized spacial score (nSPS) is 17.0. The van der Waals surface area contributed by atoms with E-state index in [1.54, 1.807) is 33.0 Å². The number of amides is 3. The Kier molecular flexibility index (Phi) is 8.43. The summed E-state index contributed by atoms with van der Waals surface area (Å²) >= 11 is 0. The van der Waals surface area contributed by atoms with E-state index in [9.17, 15) is 9.59 Å². The highest BCUT2D eigenvalue weighted by atomic mass is 16.5. The van der Waals surface area contributed by atoms with Crippen LogP contribution in [0.25, 0.3) is 0 Å². The topological polar surface area (TPSA) is 74.2 Å². The van der Waals surface area contributed by atoms with Gasteiger partial charge in [0.15, 0.2) is 0 Å². The molecule has 0 aliphatic heterocycles. The van der Waals surface area contributed by atoms with Crippen molar-refractivity contribution in [1.29, 1.82) is 0 Å². The molecule has 7 heteroatoms. The fourth-order valence-corrected chi connectivity index (χ4v) is 2.68. The van der Waals surface area contributed by atoms with Gasteiger partial charge in [0.05, 0.1) is 6.61 Å². The van der Waals surface area contributed by atoms with Gasteiger partial charge < -0.3 is 15.0 Å². The minimum atomic E-state index is -0.693. The van der Waals surface area contributed by atoms with Crippen LogP contribution in [0.3, 0.4) is 0 Å². The van der Waals surface area contributed by atoms with Crippen LogP contribution in [0.5, 0.6) is 0 Å². The zero-order valence-corrected chi connectivity index (χ0v) is 14.8. The molecule has 1 fully saturated rings. The van der Waals surface area contributed by atoms with Gasteiger partial charge in [-0.05, 0) is 19.8 Å². The maximum Gasteiger partial charge on any atom is 0.436 e. The van der Waals surface area contributed by atoms with E-state index in [1.165, 1.54) is 24.2 Å². The third-order valence-electron chi connectivity index (χ3n) is 3.90. The second-order valence-corrected chi connectivity index (χ2v) is 6.06. The molecule has 132 valence electrons. The molecule has 1 N–H and O–H groups in total. The van der Waals surface area contributed by atoms with Crippen LogP contribution in [0.1, 0.15) is 51.9 Å². The molecule has 1 saturated carbocycles. The van der Waals surface area contributed by atoms with Gasteiger partial charge in [0.2, 0.25) is 5.96 Å². The molecule has 1 rings (SSSR count). The van der Waals surface area contributed by atoms with Gasteiger partial charge in [-0.1, -0.05) is 32.1 Å². The van der Waals surface area contributed by atoms with Gasteiger partial charge in [0, 0.05) is 27.2 Å². The largest absolute Gasteiger partial charge is 0.448 e. The highest BCUT2D eigenvalue weighted by Crippen LogP contribution is 2.17. The molecule has 0 saturated heterocycles. The Balaban J connectivity index is 2.68. The summed E-state index contributed by atoms with van der Waals surface area (Å²) in [5.74, 6) is 0.256. The maximum absolute atomic E-state index is 12.4. The van der Waals surface area contributed by atoms with E-state index < -0.39 is 6.09 Å². The molecule has 1 aliphatic rings. The van der Waals surface area contributed by atoms with Crippen LogP contribution < -0.4 is 5.32 Å². The van der Waals surface area contributed by atoms with Gasteiger partial charge in [-0.25, -0.2) is 9.59 Å². The summed E-state index contributed by atoms with van der Waals surface area (Å²) in [5.41, 5.74) is 0. The first-order chi connectivity index (χ1) is 11.0. The Labute approximate surface area is 139 Å². The molecule has 0 unspecified atom stereocenters. The molecule has 3 amide bonds. The van der Waals surface area contributed by atoms with E-state index in [1.807, 2.05) is 0 Å². The molecule has 1 aliphatic carbocycles. The first-order valence-electron chi connectivity index (χ1n) is 8.42. The summed E-state index contributed by atoms with van der Waals surface area (Å²) in [6.07, 6.45) is 7.36. The van der Waals surface area contributed by atoms with Crippen LogP contribution in [-0.4, -0.2) is 61.7 Å². The van der Waals surface area contributed by atoms with Crippen molar-refractivity contribution < 1.29 is 14.3 Å². The third-order valence-corrected chi connectivity index (χ3v) is 3.90. The second-order valence-electron chi connectivity index (χ2n) is 6.06. The Morgan fingerprint density at radius 3 is 2.17 bits per heavy atom. The second kappa shape index (κ2) is 10.1. The molecule has 0 spiro atoms. The third kappa shape index (κ3) is 6.88. The molecule has 0 heterocycles. The lowest BCUT2D eigenvalue weighted by atomic mass is 9.97. The fourth-order valence-electron chi connectivity index (χ4n) is 2.68. The monoisotopic (exact) mass is 326 g/mol. The van der Waals surface area contributed by atoms with Crippen molar-refractivity contribution in [2.24, 2.45) is 4.99 Å². The summed E-state index contributed by atoms with van der Waals surface area (Å²) in [6.45, 7) is 1.97. The highest BCUT2D eigenvalue weighted by Gasteiger charge is 2.21. The van der Waals surface area contributed by atoms with E-state index >= 15 is 0 Å². The summed E-state index contributed by atoms with van der Waals surface area (Å²) in [4.78, 5) is 30.9. The number of hydrogen-bond donors (Lipinski definition) is 1. The number of urea groups is 1. The first kappa shape index (κ1) is 19.3. The molecule has 0 atom stereocenters. The molecular weight excluding hydrogens is 296 g/mol. The Morgan fingerprint density at radius 1 is 1.09 bits per heavy atom. The molecular formula is C16H30N4O3. The number of carbonyl (C=O) groups is 2. The lowest BCUT2D eigenvalue weighted by Crippen LogP contribution is -2.49. The highest BCUT2D eigenvalue weighted by molar-refractivity contribution is 5.99. The van der Waals surface area contributed by atoms with Crippen LogP contribution in [0.2, 0.25) is 0 Å². The van der Waals surface area contributed by atoms with Crippen LogP contribution in [0, 0.1) is 0 Å². The number of carbonyl (C=O) groups excluding carboxylic acids is 2. The van der Waals surface area contributed by atoms with Gasteiger partial charge in [-0.15, -0.1) is 4.99 Å². The number of guanidine groups is 1. The Morgan fingerprint density at radius 2 is 1.65 bits per heavy atom. The quantitative estimate of drug-likeness (QED) is 0.625. The average Bonchev–Trinajstić information content (AvgIpc) is 2.46. The van der Waals surface area contributed by atoms with Gasteiger partial charge >= 0.3 is 12.1 Å². The van der Waals surface area contributed by atoms with Crippen molar-refractivity contribution in [2.75, 3.05) is 27.7 Å². The predicted molar refractivity (Wildman–Crippen MR) is 90.5 cm³/mol. The SMILES string of the molecule is CCOC(=O)/N=C(/N(C)C)N(C)C(=O)NC1CCCCCCC1. The van der Waals surface area contributed by atoms with Crippen LogP contribution in [0.15, 0.2) is 4.99 Å². The predicted octanol–water partition coefficient (Wildman–Crippen LogP) is 2.81. The molecule has 0 aromatic heterocycles. The van der Waals surface area contributed by atoms with Gasteiger partial charge in [-0.3, -0.25) is 4.90 Å². The lowest BCUT2D eigenvalue weighted by Gasteiger charge is -2.28. The van der Waals surface area contributed by atoms with Crippen LogP contribution in [-0.2, 0) is 4.74 Å². The molecule has 0 radical (unpaired) electrons. The van der Waals surface area contributed by atoms with Gasteiger partial charge in [-0.2, -0.15) is 0 Å². The first-order valence-corrected chi connectivity index (χ1v) is 8.42. The summed E-state index contributed by atoms with van der Waals surface area (Å²) in [7, 11) is 5.08. The van der Waals surface area contributed by atoms with Gasteiger partial charge in [0.25, 0.3) is 0 Å². The number of aliphatic imine (C=N–C) groups is 1.